The summed E-state index contributed by atoms with van der Waals surface area (Å²) in [7, 11) is 1.65. The zero-order valence-electron chi connectivity index (χ0n) is 15.1. The van der Waals surface area contributed by atoms with E-state index >= 15 is 0 Å². The second-order valence-corrected chi connectivity index (χ2v) is 4.77. The molecule has 0 amide bonds. The molecule has 0 radical (unpaired) electrons. The monoisotopic (exact) mass is 330 g/mol. The molecule has 23 heavy (non-hydrogen) atoms. The average Bonchev–Trinajstić information content (AvgIpc) is 2.58. The molecular formula is C19H26N2OS. The van der Waals surface area contributed by atoms with Gasteiger partial charge in [-0.25, -0.2) is 0 Å². The van der Waals surface area contributed by atoms with Gasteiger partial charge >= 0.3 is 0 Å². The predicted octanol–water partition coefficient (Wildman–Crippen LogP) is 5.96. The van der Waals surface area contributed by atoms with Crippen LogP contribution in [0.5, 0.6) is 5.75 Å². The lowest BCUT2D eigenvalue weighted by molar-refractivity contribution is 0.412. The van der Waals surface area contributed by atoms with Crippen molar-refractivity contribution in [1.29, 1.82) is 5.26 Å². The first-order valence-electron chi connectivity index (χ1n) is 7.86. The standard InChI is InChI=1S/C15H14N2OS.2C2H6/c1-9-4-5-11(7-14(9)18-3)13-6-10(2)12(8-16)15(19)17-13;2*1-2/h4-7H,1-3H3,(H,17,19);2*1-2H3. The van der Waals surface area contributed by atoms with Crippen molar-refractivity contribution in [2.75, 3.05) is 7.11 Å². The third kappa shape index (κ3) is 5.22. The highest BCUT2D eigenvalue weighted by Gasteiger charge is 2.07. The minimum atomic E-state index is 0.469. The number of nitrogens with one attached hydrogen (secondary N) is 1. The van der Waals surface area contributed by atoms with Gasteiger partial charge in [0, 0.05) is 11.3 Å². The van der Waals surface area contributed by atoms with Crippen LogP contribution in [0.4, 0.5) is 0 Å². The number of benzene rings is 1. The van der Waals surface area contributed by atoms with Gasteiger partial charge in [-0.15, -0.1) is 0 Å². The van der Waals surface area contributed by atoms with E-state index in [-0.39, 0.29) is 0 Å². The Bertz CT molecular complexity index is 727. The molecule has 0 bridgehead atoms. The predicted molar refractivity (Wildman–Crippen MR) is 100 cm³/mol. The van der Waals surface area contributed by atoms with E-state index in [4.69, 9.17) is 22.2 Å². The van der Waals surface area contributed by atoms with Gasteiger partial charge in [-0.2, -0.15) is 5.26 Å². The molecule has 1 aromatic heterocycles. The molecule has 124 valence electrons. The van der Waals surface area contributed by atoms with Crippen molar-refractivity contribution in [3.05, 3.63) is 45.6 Å². The van der Waals surface area contributed by atoms with Gasteiger partial charge in [0.1, 0.15) is 16.5 Å². The lowest BCUT2D eigenvalue weighted by Gasteiger charge is -2.09. The molecule has 0 aliphatic carbocycles. The summed E-state index contributed by atoms with van der Waals surface area (Å²) < 4.78 is 5.79. The maximum Gasteiger partial charge on any atom is 0.122 e. The Morgan fingerprint density at radius 3 is 2.13 bits per heavy atom. The number of ether oxygens (including phenoxy) is 1. The number of aromatic nitrogens is 1. The van der Waals surface area contributed by atoms with E-state index in [9.17, 15) is 0 Å². The zero-order chi connectivity index (χ0) is 18.0. The van der Waals surface area contributed by atoms with Crippen molar-refractivity contribution < 1.29 is 4.74 Å². The molecule has 0 atom stereocenters. The second kappa shape index (κ2) is 10.6. The first kappa shape index (κ1) is 20.9. The molecule has 0 fully saturated rings. The Morgan fingerprint density at radius 2 is 1.65 bits per heavy atom. The van der Waals surface area contributed by atoms with Gasteiger partial charge in [0.2, 0.25) is 0 Å². The number of H-pyrrole nitrogens is 1. The minimum absolute atomic E-state index is 0.469. The van der Waals surface area contributed by atoms with Crippen molar-refractivity contribution in [2.24, 2.45) is 0 Å². The Balaban J connectivity index is 0.00000112. The van der Waals surface area contributed by atoms with Crippen LogP contribution in [0.3, 0.4) is 0 Å². The minimum Gasteiger partial charge on any atom is -0.496 e. The number of methoxy groups -OCH3 is 1. The molecule has 1 heterocycles. The highest BCUT2D eigenvalue weighted by molar-refractivity contribution is 7.71. The molecule has 3 nitrogen and oxygen atoms in total. The lowest BCUT2D eigenvalue weighted by Crippen LogP contribution is -1.93. The molecule has 4 heteroatoms. The zero-order valence-corrected chi connectivity index (χ0v) is 15.9. The van der Waals surface area contributed by atoms with Gasteiger partial charge in [0.25, 0.3) is 0 Å². The van der Waals surface area contributed by atoms with Gasteiger partial charge in [0.05, 0.1) is 12.7 Å². The summed E-state index contributed by atoms with van der Waals surface area (Å²) in [4.78, 5) is 3.09. The SMILES string of the molecule is CC.CC.COc1cc(-c2cc(C)c(C#N)c(=S)[nH]2)ccc1C. The second-order valence-electron chi connectivity index (χ2n) is 4.37. The van der Waals surface area contributed by atoms with E-state index in [1.807, 2.05) is 65.8 Å². The van der Waals surface area contributed by atoms with Gasteiger partial charge in [-0.1, -0.05) is 52.0 Å². The average molecular weight is 330 g/mol. The molecule has 2 aromatic rings. The molecule has 1 N–H and O–H groups in total. The van der Waals surface area contributed by atoms with Crippen LogP contribution in [0.25, 0.3) is 11.3 Å². The number of aromatic amines is 1. The van der Waals surface area contributed by atoms with Crippen LogP contribution in [-0.4, -0.2) is 12.1 Å². The quantitative estimate of drug-likeness (QED) is 0.691. The van der Waals surface area contributed by atoms with E-state index in [0.29, 0.717) is 10.2 Å². The molecule has 0 aliphatic heterocycles. The van der Waals surface area contributed by atoms with E-state index in [1.54, 1.807) is 7.11 Å². The van der Waals surface area contributed by atoms with Crippen LogP contribution >= 0.6 is 12.2 Å². The number of nitrogens with zero attached hydrogens (tertiary/aromatic N) is 1. The van der Waals surface area contributed by atoms with E-state index in [2.05, 4.69) is 11.1 Å². The Kier molecular flexibility index (Phi) is 9.60. The summed E-state index contributed by atoms with van der Waals surface area (Å²) in [6, 6.07) is 10.0. The summed E-state index contributed by atoms with van der Waals surface area (Å²) in [6.45, 7) is 11.9. The van der Waals surface area contributed by atoms with Gasteiger partial charge in [-0.3, -0.25) is 0 Å². The number of rotatable bonds is 2. The van der Waals surface area contributed by atoms with Crippen LogP contribution in [0.15, 0.2) is 24.3 Å². The molecular weight excluding hydrogens is 304 g/mol. The molecule has 0 spiro atoms. The summed E-state index contributed by atoms with van der Waals surface area (Å²) in [5.74, 6) is 0.832. The number of nitriles is 1. The lowest BCUT2D eigenvalue weighted by atomic mass is 10.0. The third-order valence-corrected chi connectivity index (χ3v) is 3.37. The molecule has 0 saturated heterocycles. The maximum absolute atomic E-state index is 9.02. The van der Waals surface area contributed by atoms with Crippen molar-refractivity contribution in [3.8, 4) is 23.1 Å². The maximum atomic E-state index is 9.02. The van der Waals surface area contributed by atoms with Crippen molar-refractivity contribution in [1.82, 2.24) is 4.98 Å². The van der Waals surface area contributed by atoms with Gasteiger partial charge in [0.15, 0.2) is 0 Å². The first-order chi connectivity index (χ1) is 11.1. The van der Waals surface area contributed by atoms with Crippen molar-refractivity contribution in [3.63, 3.8) is 0 Å². The van der Waals surface area contributed by atoms with Crippen LogP contribution in [0.1, 0.15) is 44.4 Å². The fourth-order valence-corrected chi connectivity index (χ4v) is 2.29. The molecule has 1 aromatic carbocycles. The van der Waals surface area contributed by atoms with Crippen LogP contribution in [-0.2, 0) is 0 Å². The molecule has 0 aliphatic rings. The highest BCUT2D eigenvalue weighted by Crippen LogP contribution is 2.26. The fraction of sp³-hybridized carbons (Fsp3) is 0.368. The van der Waals surface area contributed by atoms with E-state index in [1.165, 1.54) is 0 Å². The molecule has 2 rings (SSSR count). The third-order valence-electron chi connectivity index (χ3n) is 3.06. The number of hydrogen-bond acceptors (Lipinski definition) is 3. The normalized spacial score (nSPS) is 8.78. The van der Waals surface area contributed by atoms with Crippen LogP contribution < -0.4 is 4.74 Å². The first-order valence-corrected chi connectivity index (χ1v) is 8.26. The summed E-state index contributed by atoms with van der Waals surface area (Å²) in [6.07, 6.45) is 0. The Morgan fingerprint density at radius 1 is 1.04 bits per heavy atom. The summed E-state index contributed by atoms with van der Waals surface area (Å²) in [5, 5.41) is 9.02. The Labute approximate surface area is 145 Å². The van der Waals surface area contributed by atoms with Crippen LogP contribution in [0.2, 0.25) is 0 Å². The van der Waals surface area contributed by atoms with E-state index < -0.39 is 0 Å². The number of aryl methyl sites for hydroxylation is 2. The van der Waals surface area contributed by atoms with Crippen molar-refractivity contribution >= 4 is 12.2 Å². The molecule has 0 saturated carbocycles. The molecule has 0 unspecified atom stereocenters. The topological polar surface area (TPSA) is 48.8 Å². The largest absolute Gasteiger partial charge is 0.496 e. The summed E-state index contributed by atoms with van der Waals surface area (Å²) in [5.41, 5.74) is 4.36. The highest BCUT2D eigenvalue weighted by atomic mass is 32.1. The van der Waals surface area contributed by atoms with Gasteiger partial charge < -0.3 is 9.72 Å². The Hall–Kier alpha value is -2.12. The number of hydrogen-bond donors (Lipinski definition) is 1. The van der Waals surface area contributed by atoms with Crippen molar-refractivity contribution in [2.45, 2.75) is 41.5 Å². The van der Waals surface area contributed by atoms with Crippen LogP contribution in [0, 0.1) is 29.8 Å². The summed E-state index contributed by atoms with van der Waals surface area (Å²) >= 11 is 5.20. The fourth-order valence-electron chi connectivity index (χ4n) is 1.97. The van der Waals surface area contributed by atoms with E-state index in [0.717, 1.165) is 28.1 Å². The smallest absolute Gasteiger partial charge is 0.122 e. The van der Waals surface area contributed by atoms with Gasteiger partial charge in [-0.05, 0) is 37.1 Å². The number of pyridine rings is 1.